The van der Waals surface area contributed by atoms with Gasteiger partial charge < -0.3 is 5.11 Å². The minimum absolute atomic E-state index is 0.445. The summed E-state index contributed by atoms with van der Waals surface area (Å²) in [6, 6.07) is 1.43. The summed E-state index contributed by atoms with van der Waals surface area (Å²) >= 11 is 6.06. The summed E-state index contributed by atoms with van der Waals surface area (Å²) in [4.78, 5) is 19.0. The molecule has 2 heterocycles. The second kappa shape index (κ2) is 5.65. The lowest BCUT2D eigenvalue weighted by molar-refractivity contribution is -0.145. The molecule has 1 aromatic heterocycles. The van der Waals surface area contributed by atoms with Crippen LogP contribution in [-0.4, -0.2) is 58.6 Å². The molecule has 0 unspecified atom stereocenters. The quantitative estimate of drug-likeness (QED) is 0.885. The van der Waals surface area contributed by atoms with Gasteiger partial charge in [0.2, 0.25) is 0 Å². The Balaban J connectivity index is 2.03. The Morgan fingerprint density at radius 2 is 2.39 bits per heavy atom. The number of hydrogen-bond acceptors (Lipinski definition) is 4. The molecule has 2 rings (SSSR count). The molecule has 0 spiro atoms. The molecule has 6 heteroatoms. The minimum Gasteiger partial charge on any atom is -0.480 e. The Morgan fingerprint density at radius 1 is 1.61 bits per heavy atom. The fraction of sp³-hybridized carbons (Fsp3) is 0.500. The number of nitrogens with zero attached hydrogens (tertiary/aromatic N) is 3. The van der Waals surface area contributed by atoms with Gasteiger partial charge in [0.25, 0.3) is 0 Å². The predicted molar refractivity (Wildman–Crippen MR) is 68.6 cm³/mol. The molecule has 1 aromatic rings. The Morgan fingerprint density at radius 3 is 3.06 bits per heavy atom. The fourth-order valence-corrected chi connectivity index (χ4v) is 2.29. The van der Waals surface area contributed by atoms with Crippen molar-refractivity contribution in [2.75, 3.05) is 26.7 Å². The van der Waals surface area contributed by atoms with Gasteiger partial charge in [0.05, 0.1) is 5.02 Å². The molecule has 0 amide bonds. The Kier molecular flexibility index (Phi) is 4.16. The number of carboxylic acid groups (broad SMARTS) is 1. The van der Waals surface area contributed by atoms with Crippen LogP contribution in [0.2, 0.25) is 5.02 Å². The van der Waals surface area contributed by atoms with Crippen molar-refractivity contribution in [3.8, 4) is 0 Å². The van der Waals surface area contributed by atoms with E-state index in [1.807, 2.05) is 18.0 Å². The smallest absolute Gasteiger partial charge is 0.322 e. The zero-order valence-corrected chi connectivity index (χ0v) is 11.0. The van der Waals surface area contributed by atoms with Crippen molar-refractivity contribution in [1.82, 2.24) is 14.8 Å². The average molecular weight is 270 g/mol. The molecule has 5 nitrogen and oxygen atoms in total. The van der Waals surface area contributed by atoms with Gasteiger partial charge in [-0.15, -0.1) is 0 Å². The summed E-state index contributed by atoms with van der Waals surface area (Å²) in [6.07, 6.45) is 3.31. The van der Waals surface area contributed by atoms with Crippen LogP contribution in [0.3, 0.4) is 0 Å². The summed E-state index contributed by atoms with van der Waals surface area (Å²) in [5.41, 5.74) is 0.986. The van der Waals surface area contributed by atoms with Crippen LogP contribution in [0.15, 0.2) is 18.5 Å². The van der Waals surface area contributed by atoms with E-state index >= 15 is 0 Å². The second-order valence-electron chi connectivity index (χ2n) is 4.54. The van der Waals surface area contributed by atoms with Crippen LogP contribution in [0.4, 0.5) is 0 Å². The molecule has 1 atom stereocenters. The Bertz CT molecular complexity index is 441. The summed E-state index contributed by atoms with van der Waals surface area (Å²) < 4.78 is 0. The maximum Gasteiger partial charge on any atom is 0.322 e. The van der Waals surface area contributed by atoms with Crippen molar-refractivity contribution < 1.29 is 9.90 Å². The first-order valence-electron chi connectivity index (χ1n) is 5.81. The zero-order valence-electron chi connectivity index (χ0n) is 10.2. The highest BCUT2D eigenvalue weighted by molar-refractivity contribution is 6.31. The van der Waals surface area contributed by atoms with E-state index in [-0.39, 0.29) is 0 Å². The van der Waals surface area contributed by atoms with Crippen molar-refractivity contribution in [1.29, 1.82) is 0 Å². The molecule has 0 bridgehead atoms. The molecule has 98 valence electrons. The molecule has 1 aliphatic rings. The highest BCUT2D eigenvalue weighted by atomic mass is 35.5. The van der Waals surface area contributed by atoms with Crippen molar-refractivity contribution in [2.24, 2.45) is 0 Å². The van der Waals surface area contributed by atoms with E-state index in [4.69, 9.17) is 16.7 Å². The van der Waals surface area contributed by atoms with Gasteiger partial charge in [-0.3, -0.25) is 19.6 Å². The van der Waals surface area contributed by atoms with Crippen molar-refractivity contribution in [3.63, 3.8) is 0 Å². The van der Waals surface area contributed by atoms with Crippen LogP contribution in [0, 0.1) is 0 Å². The lowest BCUT2D eigenvalue weighted by Gasteiger charge is -2.37. The number of carbonyl (C=O) groups is 1. The van der Waals surface area contributed by atoms with Crippen LogP contribution >= 0.6 is 11.6 Å². The van der Waals surface area contributed by atoms with Crippen LogP contribution < -0.4 is 0 Å². The lowest BCUT2D eigenvalue weighted by atomic mass is 10.1. The lowest BCUT2D eigenvalue weighted by Crippen LogP contribution is -2.54. The first kappa shape index (κ1) is 13.3. The van der Waals surface area contributed by atoms with E-state index in [1.165, 1.54) is 0 Å². The standard InChI is InChI=1S/C12H16ClN3O2/c1-15-4-5-16(8-11(15)12(17)18)7-9-2-3-14-6-10(9)13/h2-3,6,11H,4-5,7-8H2,1H3,(H,17,18)/t11-/m1/s1. The van der Waals surface area contributed by atoms with Gasteiger partial charge in [0, 0.05) is 38.6 Å². The van der Waals surface area contributed by atoms with E-state index < -0.39 is 12.0 Å². The van der Waals surface area contributed by atoms with E-state index in [1.54, 1.807) is 12.4 Å². The normalized spacial score (nSPS) is 22.0. The van der Waals surface area contributed by atoms with Gasteiger partial charge in [-0.05, 0) is 18.7 Å². The monoisotopic (exact) mass is 269 g/mol. The van der Waals surface area contributed by atoms with Gasteiger partial charge in [-0.2, -0.15) is 0 Å². The number of carboxylic acids is 1. The number of aliphatic carboxylic acids is 1. The first-order valence-corrected chi connectivity index (χ1v) is 6.19. The van der Waals surface area contributed by atoms with Gasteiger partial charge in [0.1, 0.15) is 6.04 Å². The van der Waals surface area contributed by atoms with Gasteiger partial charge in [-0.25, -0.2) is 0 Å². The topological polar surface area (TPSA) is 56.7 Å². The molecule has 0 radical (unpaired) electrons. The number of halogens is 1. The third-order valence-corrected chi connectivity index (χ3v) is 3.61. The van der Waals surface area contributed by atoms with Crippen molar-refractivity contribution >= 4 is 17.6 Å². The van der Waals surface area contributed by atoms with Crippen LogP contribution in [0.5, 0.6) is 0 Å². The number of likely N-dealkylation sites (N-methyl/N-ethyl adjacent to an activating group) is 1. The Labute approximate surface area is 111 Å². The maximum atomic E-state index is 11.1. The SMILES string of the molecule is CN1CCN(Cc2ccncc2Cl)C[C@@H]1C(=O)O. The van der Waals surface area contributed by atoms with E-state index in [2.05, 4.69) is 9.88 Å². The fourth-order valence-electron chi connectivity index (χ4n) is 2.11. The number of hydrogen-bond donors (Lipinski definition) is 1. The summed E-state index contributed by atoms with van der Waals surface area (Å²) in [5.74, 6) is -0.775. The average Bonchev–Trinajstić information content (AvgIpc) is 2.34. The molecule has 1 saturated heterocycles. The first-order chi connectivity index (χ1) is 8.58. The molecular weight excluding hydrogens is 254 g/mol. The molecule has 1 fully saturated rings. The van der Waals surface area contributed by atoms with Gasteiger partial charge in [-0.1, -0.05) is 11.6 Å². The summed E-state index contributed by atoms with van der Waals surface area (Å²) in [6.45, 7) is 2.78. The van der Waals surface area contributed by atoms with E-state index in [0.717, 1.165) is 18.7 Å². The van der Waals surface area contributed by atoms with E-state index in [9.17, 15) is 4.79 Å². The molecular formula is C12H16ClN3O2. The number of pyridine rings is 1. The van der Waals surface area contributed by atoms with Crippen LogP contribution in [0.1, 0.15) is 5.56 Å². The highest BCUT2D eigenvalue weighted by Crippen LogP contribution is 2.18. The Hall–Kier alpha value is -1.17. The number of piperazine rings is 1. The molecule has 1 aliphatic heterocycles. The second-order valence-corrected chi connectivity index (χ2v) is 4.94. The van der Waals surface area contributed by atoms with Gasteiger partial charge >= 0.3 is 5.97 Å². The van der Waals surface area contributed by atoms with Crippen LogP contribution in [-0.2, 0) is 11.3 Å². The number of aromatic nitrogens is 1. The third kappa shape index (κ3) is 2.98. The van der Waals surface area contributed by atoms with Gasteiger partial charge in [0.15, 0.2) is 0 Å². The zero-order chi connectivity index (χ0) is 13.1. The van der Waals surface area contributed by atoms with Crippen LogP contribution in [0.25, 0.3) is 0 Å². The molecule has 18 heavy (non-hydrogen) atoms. The highest BCUT2D eigenvalue weighted by Gasteiger charge is 2.29. The van der Waals surface area contributed by atoms with E-state index in [0.29, 0.717) is 18.1 Å². The molecule has 0 saturated carbocycles. The summed E-state index contributed by atoms with van der Waals surface area (Å²) in [7, 11) is 1.84. The molecule has 0 aliphatic carbocycles. The van der Waals surface area contributed by atoms with Crippen molar-refractivity contribution in [2.45, 2.75) is 12.6 Å². The number of rotatable bonds is 3. The largest absolute Gasteiger partial charge is 0.480 e. The molecule has 1 N–H and O–H groups in total. The summed E-state index contributed by atoms with van der Waals surface area (Å²) in [5, 5.41) is 9.77. The maximum absolute atomic E-state index is 11.1. The van der Waals surface area contributed by atoms with Crippen molar-refractivity contribution in [3.05, 3.63) is 29.0 Å². The third-order valence-electron chi connectivity index (χ3n) is 3.27. The predicted octanol–water partition coefficient (Wildman–Crippen LogP) is 0.936. The minimum atomic E-state index is -0.775. The molecule has 0 aromatic carbocycles.